The van der Waals surface area contributed by atoms with Gasteiger partial charge in [-0.05, 0) is 43.7 Å². The molecule has 0 bridgehead atoms. The fraction of sp³-hybridized carbons (Fsp3) is 0.333. The fourth-order valence-electron chi connectivity index (χ4n) is 4.72. The first-order valence-corrected chi connectivity index (χ1v) is 11.5. The number of dihydropyridines is 1. The average molecular weight is 461 g/mol. The Labute approximate surface area is 198 Å². The van der Waals surface area contributed by atoms with Crippen LogP contribution in [-0.4, -0.2) is 22.8 Å². The van der Waals surface area contributed by atoms with E-state index in [1.807, 2.05) is 51.1 Å². The lowest BCUT2D eigenvalue weighted by Gasteiger charge is -2.37. The van der Waals surface area contributed by atoms with Crippen LogP contribution in [0.3, 0.4) is 0 Å². The molecule has 7 heteroatoms. The van der Waals surface area contributed by atoms with Gasteiger partial charge in [0.1, 0.15) is 0 Å². The predicted molar refractivity (Wildman–Crippen MR) is 128 cm³/mol. The second-order valence-electron chi connectivity index (χ2n) is 8.90. The molecule has 2 aliphatic rings. The number of nitro groups is 1. The van der Waals surface area contributed by atoms with Crippen molar-refractivity contribution in [1.29, 1.82) is 0 Å². The Bertz CT molecular complexity index is 1180. The van der Waals surface area contributed by atoms with Gasteiger partial charge in [0.15, 0.2) is 5.78 Å². The molecule has 1 N–H and O–H groups in total. The summed E-state index contributed by atoms with van der Waals surface area (Å²) < 4.78 is 5.65. The van der Waals surface area contributed by atoms with Gasteiger partial charge < -0.3 is 10.1 Å². The molecule has 3 atom stereocenters. The third-order valence-corrected chi connectivity index (χ3v) is 6.64. The highest BCUT2D eigenvalue weighted by atomic mass is 16.6. The lowest BCUT2D eigenvalue weighted by Crippen LogP contribution is -2.36. The molecular weight excluding hydrogens is 432 g/mol. The van der Waals surface area contributed by atoms with Crippen molar-refractivity contribution in [1.82, 2.24) is 5.32 Å². The Morgan fingerprint density at radius 1 is 1.12 bits per heavy atom. The zero-order valence-electron chi connectivity index (χ0n) is 19.5. The highest BCUT2D eigenvalue weighted by Crippen LogP contribution is 2.46. The number of hydrogen-bond acceptors (Lipinski definition) is 6. The quantitative estimate of drug-likeness (QED) is 0.357. The number of carbonyl (C=O) groups is 2. The first kappa shape index (κ1) is 23.4. The van der Waals surface area contributed by atoms with Crippen LogP contribution in [0.2, 0.25) is 0 Å². The summed E-state index contributed by atoms with van der Waals surface area (Å²) in [7, 11) is 0. The molecular formula is C27H28N2O5. The Hall–Kier alpha value is -3.74. The van der Waals surface area contributed by atoms with E-state index in [0.717, 1.165) is 11.3 Å². The van der Waals surface area contributed by atoms with Gasteiger partial charge in [-0.25, -0.2) is 4.79 Å². The molecule has 0 amide bonds. The number of esters is 1. The highest BCUT2D eigenvalue weighted by molar-refractivity contribution is 6.04. The Morgan fingerprint density at radius 3 is 2.41 bits per heavy atom. The van der Waals surface area contributed by atoms with Gasteiger partial charge in [-0.2, -0.15) is 0 Å². The molecule has 2 aromatic carbocycles. The monoisotopic (exact) mass is 460 g/mol. The van der Waals surface area contributed by atoms with Crippen molar-refractivity contribution in [3.63, 3.8) is 0 Å². The maximum Gasteiger partial charge on any atom is 0.337 e. The number of hydrogen-bond donors (Lipinski definition) is 1. The van der Waals surface area contributed by atoms with E-state index in [-0.39, 0.29) is 23.5 Å². The summed E-state index contributed by atoms with van der Waals surface area (Å²) in [6.07, 6.45) is 1.37. The van der Waals surface area contributed by atoms with Gasteiger partial charge in [-0.1, -0.05) is 49.4 Å². The van der Waals surface area contributed by atoms with Crippen molar-refractivity contribution in [3.05, 3.63) is 98.4 Å². The first-order valence-electron chi connectivity index (χ1n) is 11.5. The molecule has 176 valence electrons. The van der Waals surface area contributed by atoms with E-state index in [4.69, 9.17) is 4.74 Å². The van der Waals surface area contributed by atoms with Crippen LogP contribution in [0.25, 0.3) is 0 Å². The predicted octanol–water partition coefficient (Wildman–Crippen LogP) is 5.30. The van der Waals surface area contributed by atoms with Crippen molar-refractivity contribution in [3.8, 4) is 0 Å². The molecule has 0 fully saturated rings. The van der Waals surface area contributed by atoms with Crippen LogP contribution in [0.5, 0.6) is 0 Å². The number of ether oxygens (including phenoxy) is 1. The van der Waals surface area contributed by atoms with Crippen molar-refractivity contribution in [2.45, 2.75) is 58.0 Å². The summed E-state index contributed by atoms with van der Waals surface area (Å²) in [5.41, 5.74) is 4.06. The minimum absolute atomic E-state index is 0.0349. The minimum atomic E-state index is -0.641. The molecule has 1 aliphatic carbocycles. The molecule has 7 nitrogen and oxygen atoms in total. The first-order chi connectivity index (χ1) is 16.3. The normalized spacial score (nSPS) is 21.0. The molecule has 2 aromatic rings. The van der Waals surface area contributed by atoms with Crippen LogP contribution in [0.15, 0.2) is 77.1 Å². The van der Waals surface area contributed by atoms with Gasteiger partial charge in [-0.3, -0.25) is 14.9 Å². The van der Waals surface area contributed by atoms with E-state index in [0.29, 0.717) is 41.7 Å². The summed E-state index contributed by atoms with van der Waals surface area (Å²) in [6.45, 7) is 5.57. The van der Waals surface area contributed by atoms with Crippen molar-refractivity contribution in [2.24, 2.45) is 0 Å². The van der Waals surface area contributed by atoms with Crippen LogP contribution in [-0.2, 0) is 14.3 Å². The van der Waals surface area contributed by atoms with Crippen LogP contribution in [0.1, 0.15) is 63.0 Å². The molecule has 1 aliphatic heterocycles. The molecule has 1 heterocycles. The minimum Gasteiger partial charge on any atom is -0.459 e. The van der Waals surface area contributed by atoms with Gasteiger partial charge in [0.05, 0.1) is 16.6 Å². The third kappa shape index (κ3) is 4.51. The number of ketones is 1. The summed E-state index contributed by atoms with van der Waals surface area (Å²) >= 11 is 0. The molecule has 0 unspecified atom stereocenters. The Balaban J connectivity index is 1.79. The van der Waals surface area contributed by atoms with Crippen LogP contribution < -0.4 is 5.32 Å². The number of carbonyl (C=O) groups excluding carboxylic acids is 2. The summed E-state index contributed by atoms with van der Waals surface area (Å²) in [5, 5.41) is 14.5. The number of allylic oxidation sites excluding steroid dienone is 3. The molecule has 4 rings (SSSR count). The number of nitrogens with one attached hydrogen (secondary N) is 1. The molecule has 34 heavy (non-hydrogen) atoms. The SMILES string of the molecule is CC[C@@H](C)OC(=O)C1=C(C)NC2=C(C(=O)C[C@H](c3ccccc3)C2)[C@H]1c1ccc([N+](=O)[O-])cc1. The van der Waals surface area contributed by atoms with Gasteiger partial charge in [0, 0.05) is 41.4 Å². The van der Waals surface area contributed by atoms with E-state index < -0.39 is 16.8 Å². The summed E-state index contributed by atoms with van der Waals surface area (Å²) in [6, 6.07) is 16.0. The second kappa shape index (κ2) is 9.63. The second-order valence-corrected chi connectivity index (χ2v) is 8.90. The van der Waals surface area contributed by atoms with Crippen molar-refractivity contribution in [2.75, 3.05) is 0 Å². The van der Waals surface area contributed by atoms with E-state index in [1.54, 1.807) is 12.1 Å². The maximum atomic E-state index is 13.5. The number of non-ortho nitro benzene ring substituents is 1. The summed E-state index contributed by atoms with van der Waals surface area (Å²) in [5.74, 6) is -1.11. The van der Waals surface area contributed by atoms with Crippen molar-refractivity contribution >= 4 is 17.4 Å². The van der Waals surface area contributed by atoms with E-state index in [1.165, 1.54) is 12.1 Å². The maximum absolute atomic E-state index is 13.5. The zero-order valence-corrected chi connectivity index (χ0v) is 19.5. The molecule has 0 saturated carbocycles. The third-order valence-electron chi connectivity index (χ3n) is 6.64. The molecule has 0 radical (unpaired) electrons. The zero-order chi connectivity index (χ0) is 24.4. The lowest BCUT2D eigenvalue weighted by atomic mass is 9.71. The van der Waals surface area contributed by atoms with Crippen LogP contribution in [0, 0.1) is 10.1 Å². The average Bonchev–Trinajstić information content (AvgIpc) is 2.83. The highest BCUT2D eigenvalue weighted by Gasteiger charge is 2.41. The standard InChI is InChI=1S/C27H28N2O5/c1-4-16(2)34-27(31)24-17(3)28-22-14-20(18-8-6-5-7-9-18)15-23(30)26(22)25(24)19-10-12-21(13-11-19)29(32)33/h5-13,16,20,25,28H,4,14-15H2,1-3H3/t16-,20-,25+/m1/s1. The smallest absolute Gasteiger partial charge is 0.337 e. The summed E-state index contributed by atoms with van der Waals surface area (Å²) in [4.78, 5) is 37.5. The van der Waals surface area contributed by atoms with Gasteiger partial charge >= 0.3 is 5.97 Å². The number of nitro benzene ring substituents is 1. The molecule has 0 aromatic heterocycles. The van der Waals surface area contributed by atoms with E-state index in [9.17, 15) is 19.7 Å². The number of Topliss-reactive ketones (excluding diaryl/α,β-unsaturated/α-hetero) is 1. The largest absolute Gasteiger partial charge is 0.459 e. The number of nitrogens with zero attached hydrogens (tertiary/aromatic N) is 1. The van der Waals surface area contributed by atoms with E-state index in [2.05, 4.69) is 5.32 Å². The molecule has 0 saturated heterocycles. The number of benzene rings is 2. The van der Waals surface area contributed by atoms with Crippen molar-refractivity contribution < 1.29 is 19.2 Å². The fourth-order valence-corrected chi connectivity index (χ4v) is 4.72. The molecule has 0 spiro atoms. The van der Waals surface area contributed by atoms with Gasteiger partial charge in [0.2, 0.25) is 0 Å². The lowest BCUT2D eigenvalue weighted by molar-refractivity contribution is -0.384. The van der Waals surface area contributed by atoms with Crippen LogP contribution >= 0.6 is 0 Å². The topological polar surface area (TPSA) is 98.5 Å². The Kier molecular flexibility index (Phi) is 6.63. The Morgan fingerprint density at radius 2 is 1.79 bits per heavy atom. The van der Waals surface area contributed by atoms with E-state index >= 15 is 0 Å². The van der Waals surface area contributed by atoms with Gasteiger partial charge in [0.25, 0.3) is 5.69 Å². The van der Waals surface area contributed by atoms with Crippen LogP contribution in [0.4, 0.5) is 5.69 Å². The number of rotatable bonds is 6. The van der Waals surface area contributed by atoms with Gasteiger partial charge in [-0.15, -0.1) is 0 Å².